The fraction of sp³-hybridized carbons (Fsp3) is 0.457. The van der Waals surface area contributed by atoms with Crippen molar-refractivity contribution in [2.45, 2.75) is 96.6 Å². The van der Waals surface area contributed by atoms with Crippen LogP contribution in [0.15, 0.2) is 95.6 Å². The number of amides is 2. The van der Waals surface area contributed by atoms with Crippen molar-refractivity contribution in [1.29, 1.82) is 0 Å². The molecule has 57 heavy (non-hydrogen) atoms. The number of halogens is 1. The fourth-order valence-electron chi connectivity index (χ4n) is 8.98. The third-order valence-corrected chi connectivity index (χ3v) is 16.9. The summed E-state index contributed by atoms with van der Waals surface area (Å²) in [6.45, 7) is 8.50. The Morgan fingerprint density at radius 1 is 0.947 bits per heavy atom. The summed E-state index contributed by atoms with van der Waals surface area (Å²) in [5, 5.41) is 44.6. The maximum absolute atomic E-state index is 14.1. The Morgan fingerprint density at radius 2 is 1.60 bits per heavy atom. The number of fused-ring (bicyclic) bond motifs is 1. The minimum atomic E-state index is -3.06. The Balaban J connectivity index is 1.54. The number of aromatic hydroxyl groups is 1. The highest BCUT2D eigenvalue weighted by atomic mass is 35.5. The first-order valence-corrected chi connectivity index (χ1v) is 22.5. The second-order valence-corrected chi connectivity index (χ2v) is 21.2. The van der Waals surface area contributed by atoms with Gasteiger partial charge in [0.2, 0.25) is 11.8 Å². The van der Waals surface area contributed by atoms with E-state index in [2.05, 4.69) is 52.0 Å². The van der Waals surface area contributed by atoms with Crippen LogP contribution in [0.4, 0.5) is 0 Å². The lowest BCUT2D eigenvalue weighted by atomic mass is 9.68. The van der Waals surface area contributed by atoms with E-state index in [1.807, 2.05) is 42.5 Å². The molecule has 9 nitrogen and oxygen atoms in total. The minimum Gasteiger partial charge on any atom is -0.508 e. The quantitative estimate of drug-likeness (QED) is 0.0422. The first-order chi connectivity index (χ1) is 27.2. The number of carbonyl (C=O) groups is 3. The number of aliphatic carboxylic acids is 1. The number of benzene rings is 3. The number of nitrogens with zero attached hydrogens (tertiary/aromatic N) is 1. The van der Waals surface area contributed by atoms with Gasteiger partial charge in [-0.15, -0.1) is 0 Å². The SMILES string of the molecule is CCC/C(=C\c1ccc(O)cc1Cl)CC[C@@H](O)C1=C(CO[Si](c2ccccc2)(c2ccccc2)C(C)(C)C)C[C@H]2C(=O)N(CCCCCC(=O)O)C(=O)[C@H]2[C@H]1CO. The zero-order chi connectivity index (χ0) is 41.3. The van der Waals surface area contributed by atoms with Crippen LogP contribution in [-0.2, 0) is 18.8 Å². The summed E-state index contributed by atoms with van der Waals surface area (Å²) in [5.41, 5.74) is 3.13. The second kappa shape index (κ2) is 19.6. The summed E-state index contributed by atoms with van der Waals surface area (Å²) in [7, 11) is -3.06. The zero-order valence-corrected chi connectivity index (χ0v) is 35.4. The number of likely N-dealkylation sites (tertiary alicyclic amines) is 1. The van der Waals surface area contributed by atoms with Gasteiger partial charge in [0.15, 0.2) is 0 Å². The number of rotatable bonds is 19. The Labute approximate surface area is 343 Å². The van der Waals surface area contributed by atoms with Gasteiger partial charge in [0.25, 0.3) is 8.32 Å². The van der Waals surface area contributed by atoms with Gasteiger partial charge in [-0.1, -0.05) is 124 Å². The van der Waals surface area contributed by atoms with Gasteiger partial charge >= 0.3 is 5.97 Å². The standard InChI is InChI=1S/C46H58ClNO8Si/c1-5-15-31(26-32-22-23-34(50)28-39(32)47)21-24-40(51)42-33(27-37-43(38(42)29-49)45(55)48(44(37)54)25-14-8-13-20-41(52)53)30-56-57(46(2,3)4,35-16-9-6-10-17-35)36-18-11-7-12-19-36/h6-7,9-12,16-19,22-23,26,28,37-38,40,43,49-51H,5,8,13-15,20-21,24-25,27,29-30H2,1-4H3,(H,52,53)/b31-26+/t37-,38+,40-,43-/m1/s1. The van der Waals surface area contributed by atoms with E-state index < -0.39 is 44.8 Å². The minimum absolute atomic E-state index is 0.0245. The number of aliphatic hydroxyl groups is 2. The molecule has 306 valence electrons. The first-order valence-electron chi connectivity index (χ1n) is 20.2. The Bertz CT molecular complexity index is 1890. The molecule has 1 fully saturated rings. The summed E-state index contributed by atoms with van der Waals surface area (Å²) in [4.78, 5) is 40.6. The molecule has 0 unspecified atom stereocenters. The molecule has 1 aliphatic heterocycles. The van der Waals surface area contributed by atoms with Gasteiger partial charge in [0.05, 0.1) is 36.2 Å². The van der Waals surface area contributed by atoms with Gasteiger partial charge in [0, 0.05) is 18.9 Å². The van der Waals surface area contributed by atoms with Crippen molar-refractivity contribution in [3.8, 4) is 5.75 Å². The molecule has 2 amide bonds. The number of carbonyl (C=O) groups excluding carboxylic acids is 2. The molecule has 2 aliphatic rings. The highest BCUT2D eigenvalue weighted by Gasteiger charge is 2.56. The topological polar surface area (TPSA) is 145 Å². The number of imide groups is 1. The van der Waals surface area contributed by atoms with Crippen molar-refractivity contribution in [3.05, 3.63) is 106 Å². The molecule has 4 N–H and O–H groups in total. The van der Waals surface area contributed by atoms with Crippen LogP contribution in [0.3, 0.4) is 0 Å². The molecule has 5 rings (SSSR count). The van der Waals surface area contributed by atoms with Gasteiger partial charge in [-0.25, -0.2) is 0 Å². The molecule has 0 aromatic heterocycles. The molecule has 1 saturated heterocycles. The molecule has 0 radical (unpaired) electrons. The summed E-state index contributed by atoms with van der Waals surface area (Å²) in [5.74, 6) is -3.79. The molecule has 3 aromatic rings. The number of allylic oxidation sites excluding steroid dienone is 1. The van der Waals surface area contributed by atoms with Crippen LogP contribution in [0, 0.1) is 17.8 Å². The van der Waals surface area contributed by atoms with E-state index in [4.69, 9.17) is 21.1 Å². The Hall–Kier alpha value is -4.06. The number of unbranched alkanes of at least 4 members (excludes halogenated alkanes) is 2. The van der Waals surface area contributed by atoms with Gasteiger partial charge in [-0.2, -0.15) is 0 Å². The van der Waals surface area contributed by atoms with Gasteiger partial charge in [-0.3, -0.25) is 19.3 Å². The second-order valence-electron chi connectivity index (χ2n) is 16.5. The average molecular weight is 817 g/mol. The van der Waals surface area contributed by atoms with Crippen molar-refractivity contribution in [3.63, 3.8) is 0 Å². The largest absolute Gasteiger partial charge is 0.508 e. The van der Waals surface area contributed by atoms with E-state index in [1.165, 1.54) is 11.0 Å². The molecule has 1 aliphatic carbocycles. The lowest BCUT2D eigenvalue weighted by Crippen LogP contribution is -2.66. The summed E-state index contributed by atoms with van der Waals surface area (Å²) in [6, 6.07) is 25.3. The Morgan fingerprint density at radius 3 is 2.16 bits per heavy atom. The lowest BCUT2D eigenvalue weighted by Gasteiger charge is -2.44. The molecular formula is C46H58ClNO8Si. The van der Waals surface area contributed by atoms with Crippen molar-refractivity contribution in [2.24, 2.45) is 17.8 Å². The van der Waals surface area contributed by atoms with Crippen molar-refractivity contribution >= 4 is 54.2 Å². The van der Waals surface area contributed by atoms with Gasteiger partial charge < -0.3 is 24.9 Å². The monoisotopic (exact) mass is 815 g/mol. The molecular weight excluding hydrogens is 758 g/mol. The van der Waals surface area contributed by atoms with Crippen molar-refractivity contribution in [2.75, 3.05) is 19.8 Å². The number of hydrogen-bond donors (Lipinski definition) is 4. The van der Waals surface area contributed by atoms with Crippen LogP contribution >= 0.6 is 11.6 Å². The summed E-state index contributed by atoms with van der Waals surface area (Å²) in [6.07, 6.45) is 5.14. The third kappa shape index (κ3) is 9.98. The Kier molecular flexibility index (Phi) is 15.1. The van der Waals surface area contributed by atoms with Crippen LogP contribution in [0.25, 0.3) is 6.08 Å². The van der Waals surface area contributed by atoms with E-state index >= 15 is 0 Å². The molecule has 0 bridgehead atoms. The molecule has 0 spiro atoms. The number of hydrogen-bond acceptors (Lipinski definition) is 7. The molecule has 11 heteroatoms. The zero-order valence-electron chi connectivity index (χ0n) is 33.6. The van der Waals surface area contributed by atoms with Crippen molar-refractivity contribution in [1.82, 2.24) is 4.90 Å². The maximum atomic E-state index is 14.1. The van der Waals surface area contributed by atoms with E-state index in [-0.39, 0.29) is 48.6 Å². The highest BCUT2D eigenvalue weighted by Crippen LogP contribution is 2.47. The summed E-state index contributed by atoms with van der Waals surface area (Å²) < 4.78 is 7.38. The van der Waals surface area contributed by atoms with E-state index in [0.29, 0.717) is 42.7 Å². The number of carboxylic acid groups (broad SMARTS) is 1. The van der Waals surface area contributed by atoms with Crippen LogP contribution < -0.4 is 10.4 Å². The predicted molar refractivity (Wildman–Crippen MR) is 227 cm³/mol. The van der Waals surface area contributed by atoms with Crippen LogP contribution in [0.1, 0.15) is 91.0 Å². The number of phenolic OH excluding ortho intramolecular Hbond substituents is 1. The van der Waals surface area contributed by atoms with Crippen molar-refractivity contribution < 1.29 is 39.2 Å². The van der Waals surface area contributed by atoms with Crippen LogP contribution in [-0.4, -0.2) is 77.3 Å². The number of carboxylic acids is 1. The third-order valence-electron chi connectivity index (χ3n) is 11.6. The molecule has 1 heterocycles. The van der Waals surface area contributed by atoms with Crippen LogP contribution in [0.5, 0.6) is 5.75 Å². The highest BCUT2D eigenvalue weighted by molar-refractivity contribution is 6.99. The number of aliphatic hydroxyl groups excluding tert-OH is 2. The average Bonchev–Trinajstić information content (AvgIpc) is 3.42. The maximum Gasteiger partial charge on any atom is 0.303 e. The smallest absolute Gasteiger partial charge is 0.303 e. The van der Waals surface area contributed by atoms with E-state index in [1.54, 1.807) is 12.1 Å². The van der Waals surface area contributed by atoms with E-state index in [0.717, 1.165) is 39.9 Å². The molecule has 4 atom stereocenters. The molecule has 3 aromatic carbocycles. The summed E-state index contributed by atoms with van der Waals surface area (Å²) >= 11 is 6.47. The number of phenols is 1. The van der Waals surface area contributed by atoms with Gasteiger partial charge in [0.1, 0.15) is 5.75 Å². The molecule has 0 saturated carbocycles. The lowest BCUT2D eigenvalue weighted by molar-refractivity contribution is -0.141. The fourth-order valence-corrected chi connectivity index (χ4v) is 13.8. The van der Waals surface area contributed by atoms with Gasteiger partial charge in [-0.05, 0) is 88.8 Å². The normalized spacial score (nSPS) is 19.6. The predicted octanol–water partition coefficient (Wildman–Crippen LogP) is 7.50. The van der Waals surface area contributed by atoms with E-state index in [9.17, 15) is 29.7 Å². The first kappa shape index (κ1) is 44.0. The van der Waals surface area contributed by atoms with Crippen LogP contribution in [0.2, 0.25) is 10.1 Å².